The van der Waals surface area contributed by atoms with Gasteiger partial charge in [0.2, 0.25) is 0 Å². The van der Waals surface area contributed by atoms with Gasteiger partial charge in [0.15, 0.2) is 0 Å². The highest BCUT2D eigenvalue weighted by Crippen LogP contribution is 2.23. The first-order chi connectivity index (χ1) is 11.3. The molecule has 1 aliphatic rings. The van der Waals surface area contributed by atoms with Crippen molar-refractivity contribution < 1.29 is 4.79 Å². The molecule has 3 rings (SSSR count). The Bertz CT molecular complexity index is 648. The second-order valence-corrected chi connectivity index (χ2v) is 5.75. The lowest BCUT2D eigenvalue weighted by Gasteiger charge is -2.36. The van der Waals surface area contributed by atoms with Gasteiger partial charge in [0.1, 0.15) is 0 Å². The molecule has 1 aromatic heterocycles. The van der Waals surface area contributed by atoms with Crippen molar-refractivity contribution in [3.05, 3.63) is 65.5 Å². The first-order valence-electron chi connectivity index (χ1n) is 7.93. The molecule has 0 aliphatic carbocycles. The summed E-state index contributed by atoms with van der Waals surface area (Å²) in [6.45, 7) is 3.82. The molecule has 1 aromatic carbocycles. The lowest BCUT2D eigenvalue weighted by molar-refractivity contribution is 0.0963. The number of piperazine rings is 1. The van der Waals surface area contributed by atoms with E-state index in [2.05, 4.69) is 32.7 Å². The van der Waals surface area contributed by atoms with E-state index in [1.165, 1.54) is 11.1 Å². The Balaban J connectivity index is 0.00000208. The number of nitrogens with one attached hydrogen (secondary N) is 2. The number of nitrogens with zero attached hydrogens (tertiary/aromatic N) is 2. The number of halogens is 1. The number of hydrogen-bond acceptors (Lipinski definition) is 4. The van der Waals surface area contributed by atoms with Crippen LogP contribution in [0.25, 0.3) is 0 Å². The molecule has 1 saturated heterocycles. The highest BCUT2D eigenvalue weighted by Gasteiger charge is 2.23. The summed E-state index contributed by atoms with van der Waals surface area (Å²) in [7, 11) is 1.65. The molecular formula is C18H23ClN4O. The summed E-state index contributed by atoms with van der Waals surface area (Å²) in [5.74, 6) is -0.0478. The molecule has 1 fully saturated rings. The molecule has 1 atom stereocenters. The van der Waals surface area contributed by atoms with Crippen molar-refractivity contribution in [2.24, 2.45) is 0 Å². The van der Waals surface area contributed by atoms with Gasteiger partial charge in [0.25, 0.3) is 5.91 Å². The maximum absolute atomic E-state index is 11.6. The molecule has 24 heavy (non-hydrogen) atoms. The normalized spacial score (nSPS) is 17.8. The Morgan fingerprint density at radius 1 is 1.25 bits per heavy atom. The molecule has 0 radical (unpaired) electrons. The number of aromatic nitrogens is 1. The zero-order chi connectivity index (χ0) is 16.1. The smallest absolute Gasteiger partial charge is 0.251 e. The molecule has 0 saturated carbocycles. The Hall–Kier alpha value is -1.95. The van der Waals surface area contributed by atoms with Crippen molar-refractivity contribution in [1.29, 1.82) is 0 Å². The SMILES string of the molecule is CNC(=O)c1ccc(CN2CCNCC2c2ccncc2)cc1.Cl. The monoisotopic (exact) mass is 346 g/mol. The van der Waals surface area contributed by atoms with Crippen molar-refractivity contribution >= 4 is 18.3 Å². The minimum atomic E-state index is -0.0478. The molecular weight excluding hydrogens is 324 g/mol. The van der Waals surface area contributed by atoms with E-state index in [-0.39, 0.29) is 18.3 Å². The number of pyridine rings is 1. The number of hydrogen-bond donors (Lipinski definition) is 2. The predicted octanol–water partition coefficient (Wildman–Crippen LogP) is 2.01. The van der Waals surface area contributed by atoms with Gasteiger partial charge in [-0.15, -0.1) is 12.4 Å². The van der Waals surface area contributed by atoms with Gasteiger partial charge in [0.05, 0.1) is 0 Å². The highest BCUT2D eigenvalue weighted by atomic mass is 35.5. The van der Waals surface area contributed by atoms with E-state index in [4.69, 9.17) is 0 Å². The number of amides is 1. The van der Waals surface area contributed by atoms with E-state index in [1.807, 2.05) is 36.7 Å². The fourth-order valence-electron chi connectivity index (χ4n) is 2.99. The zero-order valence-corrected chi connectivity index (χ0v) is 14.6. The van der Waals surface area contributed by atoms with E-state index >= 15 is 0 Å². The van der Waals surface area contributed by atoms with Gasteiger partial charge in [0, 0.05) is 57.2 Å². The molecule has 0 bridgehead atoms. The largest absolute Gasteiger partial charge is 0.355 e. The van der Waals surface area contributed by atoms with Crippen LogP contribution in [-0.4, -0.2) is 42.5 Å². The third kappa shape index (κ3) is 4.32. The number of benzene rings is 1. The number of carbonyl (C=O) groups is 1. The second-order valence-electron chi connectivity index (χ2n) is 5.75. The van der Waals surface area contributed by atoms with Crippen LogP contribution in [0.3, 0.4) is 0 Å². The van der Waals surface area contributed by atoms with Crippen LogP contribution in [0.2, 0.25) is 0 Å². The molecule has 5 nitrogen and oxygen atoms in total. The average molecular weight is 347 g/mol. The van der Waals surface area contributed by atoms with Crippen LogP contribution in [0.15, 0.2) is 48.8 Å². The Labute approximate surface area is 148 Å². The van der Waals surface area contributed by atoms with Crippen molar-refractivity contribution in [3.8, 4) is 0 Å². The Kier molecular flexibility index (Phi) is 6.73. The van der Waals surface area contributed by atoms with Gasteiger partial charge in [-0.1, -0.05) is 12.1 Å². The van der Waals surface area contributed by atoms with Gasteiger partial charge in [-0.05, 0) is 35.4 Å². The molecule has 128 valence electrons. The summed E-state index contributed by atoms with van der Waals surface area (Å²) in [5, 5.41) is 6.11. The minimum Gasteiger partial charge on any atom is -0.355 e. The second kappa shape index (κ2) is 8.78. The fraction of sp³-hybridized carbons (Fsp3) is 0.333. The third-order valence-electron chi connectivity index (χ3n) is 4.27. The van der Waals surface area contributed by atoms with E-state index in [9.17, 15) is 4.79 Å². The van der Waals surface area contributed by atoms with Crippen LogP contribution in [0.5, 0.6) is 0 Å². The fourth-order valence-corrected chi connectivity index (χ4v) is 2.99. The number of carbonyl (C=O) groups excluding carboxylic acids is 1. The van der Waals surface area contributed by atoms with Crippen LogP contribution in [0.4, 0.5) is 0 Å². The molecule has 2 N–H and O–H groups in total. The summed E-state index contributed by atoms with van der Waals surface area (Å²) in [5.41, 5.74) is 3.20. The average Bonchev–Trinajstić information content (AvgIpc) is 2.63. The molecule has 2 aromatic rings. The van der Waals surface area contributed by atoms with Crippen molar-refractivity contribution in [2.45, 2.75) is 12.6 Å². The Morgan fingerprint density at radius 3 is 2.62 bits per heavy atom. The van der Waals surface area contributed by atoms with E-state index in [1.54, 1.807) is 7.05 Å². The van der Waals surface area contributed by atoms with Gasteiger partial charge >= 0.3 is 0 Å². The molecule has 1 amide bonds. The van der Waals surface area contributed by atoms with Crippen LogP contribution in [0, 0.1) is 0 Å². The molecule has 2 heterocycles. The van der Waals surface area contributed by atoms with E-state index < -0.39 is 0 Å². The van der Waals surface area contributed by atoms with Crippen LogP contribution in [0.1, 0.15) is 27.5 Å². The molecule has 0 spiro atoms. The van der Waals surface area contributed by atoms with Gasteiger partial charge in [-0.25, -0.2) is 0 Å². The van der Waals surface area contributed by atoms with Crippen molar-refractivity contribution in [1.82, 2.24) is 20.5 Å². The zero-order valence-electron chi connectivity index (χ0n) is 13.7. The molecule has 1 aliphatic heterocycles. The summed E-state index contributed by atoms with van der Waals surface area (Å²) in [4.78, 5) is 18.2. The van der Waals surface area contributed by atoms with Crippen LogP contribution < -0.4 is 10.6 Å². The topological polar surface area (TPSA) is 57.3 Å². The standard InChI is InChI=1S/C18H22N4O.ClH/c1-19-18(23)16-4-2-14(3-5-16)13-22-11-10-21-12-17(22)15-6-8-20-9-7-15;/h2-9,17,21H,10-13H2,1H3,(H,19,23);1H. The lowest BCUT2D eigenvalue weighted by Crippen LogP contribution is -2.45. The van der Waals surface area contributed by atoms with Gasteiger partial charge in [-0.2, -0.15) is 0 Å². The van der Waals surface area contributed by atoms with Crippen LogP contribution >= 0.6 is 12.4 Å². The maximum Gasteiger partial charge on any atom is 0.251 e. The summed E-state index contributed by atoms with van der Waals surface area (Å²) < 4.78 is 0. The lowest BCUT2D eigenvalue weighted by atomic mass is 10.0. The summed E-state index contributed by atoms with van der Waals surface area (Å²) in [6.07, 6.45) is 3.69. The van der Waals surface area contributed by atoms with Crippen molar-refractivity contribution in [3.63, 3.8) is 0 Å². The molecule has 6 heteroatoms. The first kappa shape index (κ1) is 18.4. The minimum absolute atomic E-state index is 0. The Morgan fingerprint density at radius 2 is 1.96 bits per heavy atom. The van der Waals surface area contributed by atoms with Crippen molar-refractivity contribution in [2.75, 3.05) is 26.7 Å². The summed E-state index contributed by atoms with van der Waals surface area (Å²) >= 11 is 0. The number of rotatable bonds is 4. The summed E-state index contributed by atoms with van der Waals surface area (Å²) in [6, 6.07) is 12.4. The predicted molar refractivity (Wildman–Crippen MR) is 97.3 cm³/mol. The van der Waals surface area contributed by atoms with Crippen LogP contribution in [-0.2, 0) is 6.54 Å². The first-order valence-corrected chi connectivity index (χ1v) is 7.93. The quantitative estimate of drug-likeness (QED) is 0.889. The van der Waals surface area contributed by atoms with Gasteiger partial charge < -0.3 is 10.6 Å². The third-order valence-corrected chi connectivity index (χ3v) is 4.27. The molecule has 1 unspecified atom stereocenters. The van der Waals surface area contributed by atoms with E-state index in [0.717, 1.165) is 26.2 Å². The van der Waals surface area contributed by atoms with E-state index in [0.29, 0.717) is 11.6 Å². The highest BCUT2D eigenvalue weighted by molar-refractivity contribution is 5.93. The maximum atomic E-state index is 11.6. The van der Waals surface area contributed by atoms with Gasteiger partial charge in [-0.3, -0.25) is 14.7 Å².